The molecule has 0 aromatic carbocycles. The molecule has 1 saturated heterocycles. The Morgan fingerprint density at radius 3 is 2.45 bits per heavy atom. The molecule has 0 unspecified atom stereocenters. The van der Waals surface area contributed by atoms with E-state index in [0.29, 0.717) is 0 Å². The SMILES string of the molecule is C1CC[C@@H]2CCCC[C@@H]2NC1. The zero-order valence-corrected chi connectivity index (χ0v) is 7.31. The first kappa shape index (κ1) is 7.60. The van der Waals surface area contributed by atoms with Crippen molar-refractivity contribution in [3.05, 3.63) is 0 Å². The highest BCUT2D eigenvalue weighted by atomic mass is 14.9. The van der Waals surface area contributed by atoms with E-state index < -0.39 is 0 Å². The number of fused-ring (bicyclic) bond motifs is 1. The summed E-state index contributed by atoms with van der Waals surface area (Å²) in [5.74, 6) is 1.03. The lowest BCUT2D eigenvalue weighted by atomic mass is 9.82. The lowest BCUT2D eigenvalue weighted by molar-refractivity contribution is 0.267. The van der Waals surface area contributed by atoms with E-state index >= 15 is 0 Å². The molecule has 2 fully saturated rings. The first-order chi connectivity index (χ1) is 5.47. The van der Waals surface area contributed by atoms with Gasteiger partial charge in [-0.1, -0.05) is 19.3 Å². The van der Waals surface area contributed by atoms with Crippen LogP contribution in [0.4, 0.5) is 0 Å². The van der Waals surface area contributed by atoms with Crippen molar-refractivity contribution < 1.29 is 0 Å². The maximum atomic E-state index is 3.68. The molecule has 0 amide bonds. The number of hydrogen-bond acceptors (Lipinski definition) is 1. The minimum atomic E-state index is 0.895. The molecule has 2 atom stereocenters. The smallest absolute Gasteiger partial charge is 0.00953 e. The molecule has 11 heavy (non-hydrogen) atoms. The summed E-state index contributed by atoms with van der Waals surface area (Å²) >= 11 is 0. The van der Waals surface area contributed by atoms with E-state index in [1.54, 1.807) is 0 Å². The van der Waals surface area contributed by atoms with Crippen molar-refractivity contribution in [2.24, 2.45) is 5.92 Å². The molecule has 2 aliphatic rings. The third-order valence-corrected chi connectivity index (χ3v) is 3.32. The van der Waals surface area contributed by atoms with Gasteiger partial charge in [0.15, 0.2) is 0 Å². The van der Waals surface area contributed by atoms with Crippen molar-refractivity contribution in [2.75, 3.05) is 6.54 Å². The summed E-state index contributed by atoms with van der Waals surface area (Å²) in [6, 6.07) is 0.895. The third-order valence-electron chi connectivity index (χ3n) is 3.32. The summed E-state index contributed by atoms with van der Waals surface area (Å²) in [5.41, 5.74) is 0. The predicted octanol–water partition coefficient (Wildman–Crippen LogP) is 2.32. The molecule has 2 rings (SSSR count). The van der Waals surface area contributed by atoms with Crippen molar-refractivity contribution >= 4 is 0 Å². The second kappa shape index (κ2) is 3.57. The van der Waals surface area contributed by atoms with Crippen LogP contribution in [0.25, 0.3) is 0 Å². The summed E-state index contributed by atoms with van der Waals surface area (Å²) < 4.78 is 0. The highest BCUT2D eigenvalue weighted by Crippen LogP contribution is 2.29. The fourth-order valence-corrected chi connectivity index (χ4v) is 2.64. The lowest BCUT2D eigenvalue weighted by Crippen LogP contribution is -2.36. The van der Waals surface area contributed by atoms with Gasteiger partial charge in [0.25, 0.3) is 0 Å². The van der Waals surface area contributed by atoms with Crippen molar-refractivity contribution in [3.63, 3.8) is 0 Å². The Morgan fingerprint density at radius 1 is 0.818 bits per heavy atom. The maximum Gasteiger partial charge on any atom is 0.00953 e. The molecule has 0 aromatic rings. The van der Waals surface area contributed by atoms with E-state index in [0.717, 1.165) is 12.0 Å². The van der Waals surface area contributed by atoms with Crippen LogP contribution in [0.5, 0.6) is 0 Å². The van der Waals surface area contributed by atoms with Crippen molar-refractivity contribution in [1.82, 2.24) is 5.32 Å². The van der Waals surface area contributed by atoms with Crippen molar-refractivity contribution in [2.45, 2.75) is 51.0 Å². The Labute approximate surface area is 69.6 Å². The highest BCUT2D eigenvalue weighted by Gasteiger charge is 2.25. The second-order valence-electron chi connectivity index (χ2n) is 4.10. The number of rotatable bonds is 0. The number of hydrogen-bond donors (Lipinski definition) is 1. The van der Waals surface area contributed by atoms with E-state index in [1.165, 1.54) is 51.5 Å². The van der Waals surface area contributed by atoms with Crippen molar-refractivity contribution in [3.8, 4) is 0 Å². The maximum absolute atomic E-state index is 3.68. The first-order valence-electron chi connectivity index (χ1n) is 5.20. The van der Waals surface area contributed by atoms with Gasteiger partial charge in [-0.3, -0.25) is 0 Å². The average Bonchev–Trinajstić information content (AvgIpc) is 2.28. The predicted molar refractivity (Wildman–Crippen MR) is 47.6 cm³/mol. The van der Waals surface area contributed by atoms with E-state index in [9.17, 15) is 0 Å². The monoisotopic (exact) mass is 153 g/mol. The van der Waals surface area contributed by atoms with Gasteiger partial charge in [-0.2, -0.15) is 0 Å². The topological polar surface area (TPSA) is 12.0 Å². The molecular weight excluding hydrogens is 134 g/mol. The lowest BCUT2D eigenvalue weighted by Gasteiger charge is -2.30. The molecule has 1 aliphatic heterocycles. The standard InChI is InChI=1S/C10H19N/c1-2-7-10-9(5-1)6-3-4-8-11-10/h9-11H,1-8H2/t9-,10-/m0/s1. The van der Waals surface area contributed by atoms with Crippen LogP contribution in [0, 0.1) is 5.92 Å². The molecule has 1 saturated carbocycles. The minimum Gasteiger partial charge on any atom is -0.314 e. The molecule has 64 valence electrons. The summed E-state index contributed by atoms with van der Waals surface area (Å²) in [6.45, 7) is 1.28. The quantitative estimate of drug-likeness (QED) is 0.563. The van der Waals surface area contributed by atoms with Crippen LogP contribution in [0.15, 0.2) is 0 Å². The van der Waals surface area contributed by atoms with Gasteiger partial charge >= 0.3 is 0 Å². The van der Waals surface area contributed by atoms with E-state index in [4.69, 9.17) is 0 Å². The van der Waals surface area contributed by atoms with Gasteiger partial charge in [0.2, 0.25) is 0 Å². The van der Waals surface area contributed by atoms with Crippen LogP contribution >= 0.6 is 0 Å². The largest absolute Gasteiger partial charge is 0.314 e. The second-order valence-corrected chi connectivity index (χ2v) is 4.10. The summed E-state index contributed by atoms with van der Waals surface area (Å²) in [6.07, 6.45) is 10.3. The Hall–Kier alpha value is -0.0400. The third kappa shape index (κ3) is 1.76. The normalized spacial score (nSPS) is 39.3. The fourth-order valence-electron chi connectivity index (χ4n) is 2.64. The molecule has 1 aliphatic carbocycles. The first-order valence-corrected chi connectivity index (χ1v) is 5.20. The zero-order chi connectivity index (χ0) is 7.52. The Kier molecular flexibility index (Phi) is 2.47. The molecule has 0 bridgehead atoms. The minimum absolute atomic E-state index is 0.895. The molecule has 1 heteroatoms. The Morgan fingerprint density at radius 2 is 1.55 bits per heavy atom. The van der Waals surface area contributed by atoms with Crippen LogP contribution in [-0.2, 0) is 0 Å². The fraction of sp³-hybridized carbons (Fsp3) is 1.00. The van der Waals surface area contributed by atoms with Crippen LogP contribution < -0.4 is 5.32 Å². The molecule has 1 heterocycles. The van der Waals surface area contributed by atoms with Gasteiger partial charge in [-0.25, -0.2) is 0 Å². The van der Waals surface area contributed by atoms with E-state index in [2.05, 4.69) is 5.32 Å². The highest BCUT2D eigenvalue weighted by molar-refractivity contribution is 4.82. The Balaban J connectivity index is 1.93. The molecule has 0 radical (unpaired) electrons. The van der Waals surface area contributed by atoms with Gasteiger partial charge in [0, 0.05) is 6.04 Å². The van der Waals surface area contributed by atoms with Gasteiger partial charge in [-0.05, 0) is 38.1 Å². The molecule has 0 spiro atoms. The average molecular weight is 153 g/mol. The summed E-state index contributed by atoms with van der Waals surface area (Å²) in [5, 5.41) is 3.68. The van der Waals surface area contributed by atoms with Gasteiger partial charge in [-0.15, -0.1) is 0 Å². The van der Waals surface area contributed by atoms with Crippen LogP contribution in [0.1, 0.15) is 44.9 Å². The zero-order valence-electron chi connectivity index (χ0n) is 7.31. The van der Waals surface area contributed by atoms with Crippen LogP contribution in [0.3, 0.4) is 0 Å². The van der Waals surface area contributed by atoms with E-state index in [-0.39, 0.29) is 0 Å². The van der Waals surface area contributed by atoms with Crippen LogP contribution in [0.2, 0.25) is 0 Å². The van der Waals surface area contributed by atoms with Crippen LogP contribution in [-0.4, -0.2) is 12.6 Å². The van der Waals surface area contributed by atoms with Gasteiger partial charge in [0.05, 0.1) is 0 Å². The molecule has 1 nitrogen and oxygen atoms in total. The molecule has 0 aromatic heterocycles. The summed E-state index contributed by atoms with van der Waals surface area (Å²) in [7, 11) is 0. The number of nitrogens with one attached hydrogen (secondary N) is 1. The van der Waals surface area contributed by atoms with Gasteiger partial charge < -0.3 is 5.32 Å². The molecule has 1 N–H and O–H groups in total. The summed E-state index contributed by atoms with van der Waals surface area (Å²) in [4.78, 5) is 0. The van der Waals surface area contributed by atoms with Crippen molar-refractivity contribution in [1.29, 1.82) is 0 Å². The molecular formula is C10H19N. The van der Waals surface area contributed by atoms with Gasteiger partial charge in [0.1, 0.15) is 0 Å². The Bertz CT molecular complexity index is 108. The van der Waals surface area contributed by atoms with E-state index in [1.807, 2.05) is 0 Å².